The van der Waals surface area contributed by atoms with Crippen LogP contribution in [0, 0.1) is 12.1 Å². The summed E-state index contributed by atoms with van der Waals surface area (Å²) in [5, 5.41) is 13.5. The maximum absolute atomic E-state index is 11.2. The van der Waals surface area contributed by atoms with Crippen LogP contribution < -0.4 is 10.0 Å². The van der Waals surface area contributed by atoms with Crippen molar-refractivity contribution in [1.29, 1.82) is 0 Å². The van der Waals surface area contributed by atoms with Crippen LogP contribution in [0.3, 0.4) is 0 Å². The van der Waals surface area contributed by atoms with E-state index >= 15 is 0 Å². The zero-order valence-electron chi connectivity index (χ0n) is 7.30. The highest BCUT2D eigenvalue weighted by atomic mass is 35.5. The molecule has 0 saturated heterocycles. The van der Waals surface area contributed by atoms with Gasteiger partial charge in [0, 0.05) is 20.0 Å². The van der Waals surface area contributed by atoms with E-state index in [1.807, 2.05) is 0 Å². The molecule has 4 nitrogen and oxygen atoms in total. The number of nitrogens with one attached hydrogen (secondary N) is 1. The van der Waals surface area contributed by atoms with Crippen molar-refractivity contribution in [3.63, 3.8) is 0 Å². The summed E-state index contributed by atoms with van der Waals surface area (Å²) >= 11 is 5.66. The van der Waals surface area contributed by atoms with Crippen LogP contribution in [0.1, 0.15) is 16.1 Å². The zero-order valence-corrected chi connectivity index (χ0v) is 8.05. The van der Waals surface area contributed by atoms with Crippen molar-refractivity contribution in [2.75, 3.05) is 7.05 Å². The van der Waals surface area contributed by atoms with Crippen molar-refractivity contribution in [1.82, 2.24) is 5.32 Å². The van der Waals surface area contributed by atoms with Crippen LogP contribution >= 0.6 is 11.6 Å². The Balaban J connectivity index is 3.26. The molecular weight excluding hydrogens is 192 g/mol. The van der Waals surface area contributed by atoms with Crippen molar-refractivity contribution < 1.29 is 9.52 Å². The number of pyridine rings is 1. The van der Waals surface area contributed by atoms with Gasteiger partial charge >= 0.3 is 0 Å². The molecular formula is C8H9ClN2O2. The Morgan fingerprint density at radius 2 is 2.23 bits per heavy atom. The number of amides is 1. The number of hydrogen-bond acceptors (Lipinski definition) is 2. The van der Waals surface area contributed by atoms with Gasteiger partial charge in [-0.25, -0.2) is 0 Å². The molecule has 1 rings (SSSR count). The summed E-state index contributed by atoms with van der Waals surface area (Å²) in [7, 11) is 1.48. The van der Waals surface area contributed by atoms with Gasteiger partial charge < -0.3 is 10.5 Å². The molecule has 1 amide bonds. The van der Waals surface area contributed by atoms with E-state index in [9.17, 15) is 10.0 Å². The van der Waals surface area contributed by atoms with Gasteiger partial charge in [0.2, 0.25) is 0 Å². The molecule has 1 heterocycles. The van der Waals surface area contributed by atoms with Crippen LogP contribution in [0.5, 0.6) is 0 Å². The minimum absolute atomic E-state index is 0.0978. The Bertz CT molecular complexity index is 352. The van der Waals surface area contributed by atoms with Crippen molar-refractivity contribution in [3.8, 4) is 0 Å². The second-order valence-corrected chi connectivity index (χ2v) is 2.91. The number of carbonyl (C=O) groups excluding carboxylic acids is 1. The fraction of sp³-hybridized carbons (Fsp3) is 0.250. The number of aromatic nitrogens is 1. The predicted octanol–water partition coefficient (Wildman–Crippen LogP) is 0.641. The lowest BCUT2D eigenvalue weighted by Crippen LogP contribution is -2.34. The molecule has 0 spiro atoms. The van der Waals surface area contributed by atoms with E-state index < -0.39 is 0 Å². The van der Waals surface area contributed by atoms with Gasteiger partial charge in [-0.2, -0.15) is 4.73 Å². The Morgan fingerprint density at radius 1 is 1.62 bits per heavy atom. The van der Waals surface area contributed by atoms with E-state index in [-0.39, 0.29) is 16.6 Å². The first kappa shape index (κ1) is 9.80. The van der Waals surface area contributed by atoms with Crippen LogP contribution in [0.25, 0.3) is 0 Å². The summed E-state index contributed by atoms with van der Waals surface area (Å²) in [5.74, 6) is -0.366. The van der Waals surface area contributed by atoms with Crippen molar-refractivity contribution in [3.05, 3.63) is 33.8 Å². The van der Waals surface area contributed by atoms with Gasteiger partial charge in [-0.05, 0) is 17.7 Å². The number of hydrogen-bond donors (Lipinski definition) is 1. The lowest BCUT2D eigenvalue weighted by molar-refractivity contribution is -0.610. The average molecular weight is 201 g/mol. The standard InChI is InChI=1S/C8H9ClN2O2/c1-5-3-4-6(8(12)10-2)7(9)11(5)13/h3-4H,1-2H3,(H,10,12). The molecule has 0 aliphatic heterocycles. The molecule has 1 aromatic heterocycles. The molecule has 0 unspecified atom stereocenters. The van der Waals surface area contributed by atoms with Crippen LogP contribution in [0.4, 0.5) is 0 Å². The van der Waals surface area contributed by atoms with E-state index in [1.54, 1.807) is 13.0 Å². The second kappa shape index (κ2) is 3.62. The molecule has 70 valence electrons. The molecule has 0 radical (unpaired) electrons. The summed E-state index contributed by atoms with van der Waals surface area (Å²) in [6.45, 7) is 1.62. The Hall–Kier alpha value is -1.29. The predicted molar refractivity (Wildman–Crippen MR) is 48.5 cm³/mol. The van der Waals surface area contributed by atoms with Crippen LogP contribution in [0.2, 0.25) is 5.15 Å². The fourth-order valence-electron chi connectivity index (χ4n) is 0.909. The molecule has 0 aliphatic carbocycles. The first-order valence-electron chi connectivity index (χ1n) is 3.68. The first-order valence-corrected chi connectivity index (χ1v) is 4.06. The van der Waals surface area contributed by atoms with E-state index in [2.05, 4.69) is 5.32 Å². The second-order valence-electron chi connectivity index (χ2n) is 2.55. The molecule has 0 aliphatic rings. The van der Waals surface area contributed by atoms with Gasteiger partial charge in [-0.15, -0.1) is 0 Å². The highest BCUT2D eigenvalue weighted by Crippen LogP contribution is 2.10. The third-order valence-electron chi connectivity index (χ3n) is 1.68. The molecule has 13 heavy (non-hydrogen) atoms. The van der Waals surface area contributed by atoms with Crippen LogP contribution in [-0.4, -0.2) is 13.0 Å². The van der Waals surface area contributed by atoms with Gasteiger partial charge in [-0.3, -0.25) is 4.79 Å². The van der Waals surface area contributed by atoms with Crippen molar-refractivity contribution >= 4 is 17.5 Å². The van der Waals surface area contributed by atoms with Gasteiger partial charge in [0.25, 0.3) is 11.1 Å². The number of halogens is 1. The summed E-state index contributed by atoms with van der Waals surface area (Å²) < 4.78 is 0.520. The topological polar surface area (TPSA) is 56.0 Å². The largest absolute Gasteiger partial charge is 0.617 e. The maximum Gasteiger partial charge on any atom is 0.299 e. The summed E-state index contributed by atoms with van der Waals surface area (Å²) in [6.07, 6.45) is 0. The smallest absolute Gasteiger partial charge is 0.299 e. The molecule has 0 saturated carbocycles. The zero-order chi connectivity index (χ0) is 10.0. The highest BCUT2D eigenvalue weighted by molar-refractivity contribution is 6.31. The summed E-state index contributed by atoms with van der Waals surface area (Å²) in [5.41, 5.74) is 0.641. The number of carbonyl (C=O) groups is 1. The molecule has 5 heteroatoms. The van der Waals surface area contributed by atoms with E-state index in [1.165, 1.54) is 13.1 Å². The molecule has 0 bridgehead atoms. The first-order chi connectivity index (χ1) is 6.07. The fourth-order valence-corrected chi connectivity index (χ4v) is 1.19. The van der Waals surface area contributed by atoms with Crippen molar-refractivity contribution in [2.24, 2.45) is 0 Å². The lowest BCUT2D eigenvalue weighted by Gasteiger charge is -2.05. The van der Waals surface area contributed by atoms with Gasteiger partial charge in [-0.1, -0.05) is 0 Å². The lowest BCUT2D eigenvalue weighted by atomic mass is 10.2. The molecule has 0 atom stereocenters. The Kier molecular flexibility index (Phi) is 2.72. The Morgan fingerprint density at radius 3 is 2.77 bits per heavy atom. The van der Waals surface area contributed by atoms with E-state index in [4.69, 9.17) is 11.6 Å². The SMILES string of the molecule is CNC(=O)c1ccc(C)[n+]([O-])c1Cl. The average Bonchev–Trinajstić information content (AvgIpc) is 2.13. The molecule has 0 aromatic carbocycles. The van der Waals surface area contributed by atoms with Crippen LogP contribution in [0.15, 0.2) is 12.1 Å². The number of aryl methyl sites for hydroxylation is 1. The highest BCUT2D eigenvalue weighted by Gasteiger charge is 2.17. The molecule has 0 fully saturated rings. The van der Waals surface area contributed by atoms with E-state index in [0.29, 0.717) is 10.4 Å². The van der Waals surface area contributed by atoms with Gasteiger partial charge in [0.15, 0.2) is 5.69 Å². The summed E-state index contributed by atoms with van der Waals surface area (Å²) in [4.78, 5) is 11.2. The molecule has 1 aromatic rings. The van der Waals surface area contributed by atoms with Crippen LogP contribution in [-0.2, 0) is 0 Å². The number of rotatable bonds is 1. The normalized spacial score (nSPS) is 9.77. The quantitative estimate of drug-likeness (QED) is 0.411. The molecule has 1 N–H and O–H groups in total. The van der Waals surface area contributed by atoms with Gasteiger partial charge in [0.05, 0.1) is 0 Å². The van der Waals surface area contributed by atoms with Gasteiger partial charge in [0.1, 0.15) is 5.56 Å². The monoisotopic (exact) mass is 200 g/mol. The minimum Gasteiger partial charge on any atom is -0.617 e. The van der Waals surface area contributed by atoms with Crippen molar-refractivity contribution in [2.45, 2.75) is 6.92 Å². The third-order valence-corrected chi connectivity index (χ3v) is 2.04. The third kappa shape index (κ3) is 1.72. The maximum atomic E-state index is 11.2. The Labute approximate surface area is 80.7 Å². The van der Waals surface area contributed by atoms with E-state index in [0.717, 1.165) is 0 Å². The minimum atomic E-state index is -0.366. The number of nitrogens with zero attached hydrogens (tertiary/aromatic N) is 1. The summed E-state index contributed by atoms with van der Waals surface area (Å²) in [6, 6.07) is 3.06.